The minimum absolute atomic E-state index is 0.138. The molecule has 0 spiro atoms. The van der Waals surface area contributed by atoms with Crippen molar-refractivity contribution >= 4 is 5.97 Å². The maximum absolute atomic E-state index is 10.9. The Hall–Kier alpha value is -1.42. The van der Waals surface area contributed by atoms with Gasteiger partial charge in [0.15, 0.2) is 0 Å². The lowest BCUT2D eigenvalue weighted by molar-refractivity contribution is 0.0690. The third kappa shape index (κ3) is 3.81. The molecule has 1 aliphatic heterocycles. The van der Waals surface area contributed by atoms with Gasteiger partial charge >= 0.3 is 5.97 Å². The van der Waals surface area contributed by atoms with Gasteiger partial charge in [0.25, 0.3) is 0 Å². The smallest absolute Gasteiger partial charge is 0.354 e. The molecule has 98 valence electrons. The molecule has 0 bridgehead atoms. The molecule has 2 heterocycles. The summed E-state index contributed by atoms with van der Waals surface area (Å²) in [6.45, 7) is 3.07. The summed E-state index contributed by atoms with van der Waals surface area (Å²) < 4.78 is 0. The fourth-order valence-corrected chi connectivity index (χ4v) is 2.42. The Balaban J connectivity index is 1.98. The predicted octanol–water partition coefficient (Wildman–Crippen LogP) is 2.55. The first-order chi connectivity index (χ1) is 8.75. The van der Waals surface area contributed by atoms with Crippen molar-refractivity contribution in [2.45, 2.75) is 38.6 Å². The van der Waals surface area contributed by atoms with Crippen LogP contribution in [0.15, 0.2) is 18.3 Å². The third-order valence-corrected chi connectivity index (χ3v) is 3.40. The first-order valence-corrected chi connectivity index (χ1v) is 6.66. The quantitative estimate of drug-likeness (QED) is 0.893. The monoisotopic (exact) mass is 248 g/mol. The van der Waals surface area contributed by atoms with Crippen molar-refractivity contribution < 1.29 is 9.90 Å². The zero-order valence-corrected chi connectivity index (χ0v) is 10.6. The molecule has 1 aromatic rings. The van der Waals surface area contributed by atoms with Crippen LogP contribution in [0, 0.1) is 0 Å². The summed E-state index contributed by atoms with van der Waals surface area (Å²) >= 11 is 0. The Kier molecular flexibility index (Phi) is 4.70. The highest BCUT2D eigenvalue weighted by atomic mass is 16.4. The standard InChI is InChI=1S/C14H20N2O2/c17-14(18)13-10-12(6-7-15-13)11-16-8-4-2-1-3-5-9-16/h6-7,10H,1-5,8-9,11H2,(H,17,18). The molecule has 4 nitrogen and oxygen atoms in total. The number of carboxylic acid groups (broad SMARTS) is 1. The van der Waals surface area contributed by atoms with Crippen LogP contribution in [0.3, 0.4) is 0 Å². The lowest BCUT2D eigenvalue weighted by Gasteiger charge is -2.24. The lowest BCUT2D eigenvalue weighted by atomic mass is 10.1. The second-order valence-corrected chi connectivity index (χ2v) is 4.90. The molecule has 0 unspecified atom stereocenters. The SMILES string of the molecule is O=C(O)c1cc(CN2CCCCCCC2)ccn1. The first-order valence-electron chi connectivity index (χ1n) is 6.66. The molecule has 2 rings (SSSR count). The Morgan fingerprint density at radius 1 is 1.22 bits per heavy atom. The van der Waals surface area contributed by atoms with Crippen LogP contribution in [0.1, 0.15) is 48.2 Å². The van der Waals surface area contributed by atoms with E-state index in [4.69, 9.17) is 5.11 Å². The first kappa shape index (κ1) is 13.0. The van der Waals surface area contributed by atoms with Gasteiger partial charge in [-0.2, -0.15) is 0 Å². The van der Waals surface area contributed by atoms with Gasteiger partial charge in [0, 0.05) is 12.7 Å². The van der Waals surface area contributed by atoms with Crippen molar-refractivity contribution in [3.05, 3.63) is 29.6 Å². The van der Waals surface area contributed by atoms with Crippen LogP contribution in [-0.4, -0.2) is 34.0 Å². The molecule has 1 saturated heterocycles. The molecule has 4 heteroatoms. The van der Waals surface area contributed by atoms with E-state index < -0.39 is 5.97 Å². The summed E-state index contributed by atoms with van der Waals surface area (Å²) in [4.78, 5) is 17.1. The second-order valence-electron chi connectivity index (χ2n) is 4.90. The van der Waals surface area contributed by atoms with Gasteiger partial charge in [0.2, 0.25) is 0 Å². The van der Waals surface area contributed by atoms with Gasteiger partial charge in [0.1, 0.15) is 5.69 Å². The van der Waals surface area contributed by atoms with E-state index in [-0.39, 0.29) is 5.69 Å². The molecule has 0 aromatic carbocycles. The van der Waals surface area contributed by atoms with Gasteiger partial charge in [-0.3, -0.25) is 4.90 Å². The largest absolute Gasteiger partial charge is 0.477 e. The minimum Gasteiger partial charge on any atom is -0.477 e. The van der Waals surface area contributed by atoms with Crippen LogP contribution in [0.25, 0.3) is 0 Å². The van der Waals surface area contributed by atoms with Gasteiger partial charge in [0.05, 0.1) is 0 Å². The average molecular weight is 248 g/mol. The number of hydrogen-bond donors (Lipinski definition) is 1. The Morgan fingerprint density at radius 3 is 2.56 bits per heavy atom. The molecule has 18 heavy (non-hydrogen) atoms. The van der Waals surface area contributed by atoms with Crippen LogP contribution in [0.5, 0.6) is 0 Å². The zero-order valence-electron chi connectivity index (χ0n) is 10.6. The number of nitrogens with zero attached hydrogens (tertiary/aromatic N) is 2. The van der Waals surface area contributed by atoms with E-state index in [2.05, 4.69) is 9.88 Å². The minimum atomic E-state index is -0.954. The number of rotatable bonds is 3. The maximum atomic E-state index is 10.9. The van der Waals surface area contributed by atoms with Crippen molar-refractivity contribution in [1.82, 2.24) is 9.88 Å². The fourth-order valence-electron chi connectivity index (χ4n) is 2.42. The Morgan fingerprint density at radius 2 is 1.89 bits per heavy atom. The van der Waals surface area contributed by atoms with Crippen molar-refractivity contribution in [2.24, 2.45) is 0 Å². The second kappa shape index (κ2) is 6.50. The van der Waals surface area contributed by atoms with Crippen molar-refractivity contribution in [3.8, 4) is 0 Å². The van der Waals surface area contributed by atoms with Crippen LogP contribution in [0.4, 0.5) is 0 Å². The van der Waals surface area contributed by atoms with E-state index in [1.165, 1.54) is 32.1 Å². The van der Waals surface area contributed by atoms with Gasteiger partial charge < -0.3 is 5.11 Å². The summed E-state index contributed by atoms with van der Waals surface area (Å²) in [5.41, 5.74) is 1.18. The maximum Gasteiger partial charge on any atom is 0.354 e. The molecule has 0 saturated carbocycles. The summed E-state index contributed by atoms with van der Waals surface area (Å²) in [7, 11) is 0. The number of pyridine rings is 1. The summed E-state index contributed by atoms with van der Waals surface area (Å²) in [5, 5.41) is 8.92. The summed E-state index contributed by atoms with van der Waals surface area (Å²) in [6.07, 6.45) is 8.06. The molecule has 1 N–H and O–H groups in total. The van der Waals surface area contributed by atoms with Crippen LogP contribution in [-0.2, 0) is 6.54 Å². The van der Waals surface area contributed by atoms with E-state index in [1.807, 2.05) is 6.07 Å². The number of carbonyl (C=O) groups is 1. The van der Waals surface area contributed by atoms with Crippen LogP contribution < -0.4 is 0 Å². The Bertz CT molecular complexity index is 399. The molecule has 1 aromatic heterocycles. The zero-order chi connectivity index (χ0) is 12.8. The topological polar surface area (TPSA) is 53.4 Å². The van der Waals surface area contributed by atoms with E-state index in [9.17, 15) is 4.79 Å². The van der Waals surface area contributed by atoms with E-state index >= 15 is 0 Å². The van der Waals surface area contributed by atoms with Gasteiger partial charge in [-0.05, 0) is 43.6 Å². The highest BCUT2D eigenvalue weighted by Gasteiger charge is 2.10. The van der Waals surface area contributed by atoms with Gasteiger partial charge in [-0.25, -0.2) is 9.78 Å². The number of aromatic carboxylic acids is 1. The number of hydrogen-bond acceptors (Lipinski definition) is 3. The van der Waals surface area contributed by atoms with Gasteiger partial charge in [-0.15, -0.1) is 0 Å². The summed E-state index contributed by atoms with van der Waals surface area (Å²) in [5.74, 6) is -0.954. The molecule has 0 aliphatic carbocycles. The van der Waals surface area contributed by atoms with E-state index in [1.54, 1.807) is 12.3 Å². The molecule has 0 atom stereocenters. The molecular weight excluding hydrogens is 228 g/mol. The highest BCUT2D eigenvalue weighted by molar-refractivity contribution is 5.85. The van der Waals surface area contributed by atoms with Crippen molar-refractivity contribution in [1.29, 1.82) is 0 Å². The van der Waals surface area contributed by atoms with Crippen molar-refractivity contribution in [3.63, 3.8) is 0 Å². The highest BCUT2D eigenvalue weighted by Crippen LogP contribution is 2.13. The van der Waals surface area contributed by atoms with Crippen LogP contribution >= 0.6 is 0 Å². The number of aromatic nitrogens is 1. The third-order valence-electron chi connectivity index (χ3n) is 3.40. The van der Waals surface area contributed by atoms with Crippen LogP contribution in [0.2, 0.25) is 0 Å². The van der Waals surface area contributed by atoms with E-state index in [0.29, 0.717) is 0 Å². The molecular formula is C14H20N2O2. The molecule has 0 amide bonds. The van der Waals surface area contributed by atoms with E-state index in [0.717, 1.165) is 25.2 Å². The molecule has 1 fully saturated rings. The number of carboxylic acids is 1. The van der Waals surface area contributed by atoms with Gasteiger partial charge in [-0.1, -0.05) is 19.3 Å². The lowest BCUT2D eigenvalue weighted by Crippen LogP contribution is -2.27. The number of likely N-dealkylation sites (tertiary alicyclic amines) is 1. The summed E-state index contributed by atoms with van der Waals surface area (Å²) in [6, 6.07) is 3.59. The van der Waals surface area contributed by atoms with Crippen molar-refractivity contribution in [2.75, 3.05) is 13.1 Å². The Labute approximate surface area is 108 Å². The molecule has 1 aliphatic rings. The fraction of sp³-hybridized carbons (Fsp3) is 0.571. The normalized spacial score (nSPS) is 18.0. The average Bonchev–Trinajstić information content (AvgIpc) is 2.33. The predicted molar refractivity (Wildman–Crippen MR) is 69.6 cm³/mol. The molecule has 0 radical (unpaired) electrons.